The van der Waals surface area contributed by atoms with E-state index in [1.165, 1.54) is 18.4 Å². The summed E-state index contributed by atoms with van der Waals surface area (Å²) in [4.78, 5) is 2.32. The third-order valence-corrected chi connectivity index (χ3v) is 4.09. The van der Waals surface area contributed by atoms with Gasteiger partial charge in [0.15, 0.2) is 0 Å². The Balaban J connectivity index is 1.76. The van der Waals surface area contributed by atoms with Crippen molar-refractivity contribution < 1.29 is 9.63 Å². The summed E-state index contributed by atoms with van der Waals surface area (Å²) >= 11 is 0. The standard InChI is InChI=1S/C17H22N2O2/c1-13-9-16(18-21-13)11-19(17(12-20)15-7-8-15)10-14-5-3-2-4-6-14/h2-6,9,15,17,20H,7-8,10-12H2,1H3/t17-/m0/s1. The molecule has 1 aromatic heterocycles. The van der Waals surface area contributed by atoms with Crippen molar-refractivity contribution in [3.8, 4) is 0 Å². The van der Waals surface area contributed by atoms with Crippen LogP contribution < -0.4 is 0 Å². The molecule has 3 rings (SSSR count). The molecule has 0 amide bonds. The zero-order chi connectivity index (χ0) is 14.7. The number of hydrogen-bond acceptors (Lipinski definition) is 4. The average molecular weight is 286 g/mol. The molecule has 1 heterocycles. The van der Waals surface area contributed by atoms with Crippen molar-refractivity contribution in [2.75, 3.05) is 6.61 Å². The second kappa shape index (κ2) is 6.41. The molecule has 0 radical (unpaired) electrons. The van der Waals surface area contributed by atoms with Crippen molar-refractivity contribution >= 4 is 0 Å². The number of nitrogens with zero attached hydrogens (tertiary/aromatic N) is 2. The Morgan fingerprint density at radius 2 is 2.05 bits per heavy atom. The van der Waals surface area contributed by atoms with E-state index in [1.54, 1.807) is 0 Å². The highest BCUT2D eigenvalue weighted by Crippen LogP contribution is 2.36. The molecule has 1 N–H and O–H groups in total. The van der Waals surface area contributed by atoms with E-state index < -0.39 is 0 Å². The summed E-state index contributed by atoms with van der Waals surface area (Å²) in [6.07, 6.45) is 2.43. The minimum atomic E-state index is 0.203. The first-order valence-electron chi connectivity index (χ1n) is 7.57. The van der Waals surface area contributed by atoms with Crippen LogP contribution in [0.2, 0.25) is 0 Å². The Morgan fingerprint density at radius 3 is 2.62 bits per heavy atom. The molecule has 112 valence electrons. The van der Waals surface area contributed by atoms with Gasteiger partial charge in [-0.3, -0.25) is 4.90 Å². The molecule has 2 aromatic rings. The quantitative estimate of drug-likeness (QED) is 0.850. The minimum Gasteiger partial charge on any atom is -0.395 e. The van der Waals surface area contributed by atoms with Gasteiger partial charge in [0.1, 0.15) is 5.76 Å². The summed E-state index contributed by atoms with van der Waals surface area (Å²) in [5.41, 5.74) is 2.19. The minimum absolute atomic E-state index is 0.203. The third kappa shape index (κ3) is 3.71. The van der Waals surface area contributed by atoms with Gasteiger partial charge in [-0.1, -0.05) is 35.5 Å². The molecule has 1 aliphatic rings. The van der Waals surface area contributed by atoms with Gasteiger partial charge in [-0.2, -0.15) is 0 Å². The lowest BCUT2D eigenvalue weighted by atomic mass is 10.1. The van der Waals surface area contributed by atoms with Crippen LogP contribution >= 0.6 is 0 Å². The van der Waals surface area contributed by atoms with E-state index in [9.17, 15) is 5.11 Å². The molecule has 1 aliphatic carbocycles. The first-order valence-corrected chi connectivity index (χ1v) is 7.57. The summed E-state index contributed by atoms with van der Waals surface area (Å²) < 4.78 is 5.17. The van der Waals surface area contributed by atoms with Crippen molar-refractivity contribution in [3.63, 3.8) is 0 Å². The number of aromatic nitrogens is 1. The van der Waals surface area contributed by atoms with Crippen molar-refractivity contribution in [2.24, 2.45) is 5.92 Å². The van der Waals surface area contributed by atoms with Gasteiger partial charge in [-0.15, -0.1) is 0 Å². The molecule has 0 spiro atoms. The van der Waals surface area contributed by atoms with Crippen LogP contribution in [0.25, 0.3) is 0 Å². The molecule has 1 aromatic carbocycles. The average Bonchev–Trinajstić information content (AvgIpc) is 3.24. The van der Waals surface area contributed by atoms with Crippen LogP contribution in [0.15, 0.2) is 40.9 Å². The highest BCUT2D eigenvalue weighted by molar-refractivity contribution is 5.15. The third-order valence-electron chi connectivity index (χ3n) is 4.09. The molecule has 0 saturated heterocycles. The zero-order valence-electron chi connectivity index (χ0n) is 12.4. The molecule has 4 heteroatoms. The number of aliphatic hydroxyl groups is 1. The van der Waals surface area contributed by atoms with Crippen LogP contribution in [0.3, 0.4) is 0 Å². The predicted octanol–water partition coefficient (Wildman–Crippen LogP) is 2.76. The van der Waals surface area contributed by atoms with Gasteiger partial charge in [-0.25, -0.2) is 0 Å². The molecule has 1 atom stereocenters. The largest absolute Gasteiger partial charge is 0.395 e. The Kier molecular flexibility index (Phi) is 4.36. The fourth-order valence-corrected chi connectivity index (χ4v) is 2.85. The molecule has 1 fully saturated rings. The molecule has 4 nitrogen and oxygen atoms in total. The lowest BCUT2D eigenvalue weighted by molar-refractivity contribution is 0.0924. The normalized spacial score (nSPS) is 16.3. The molecular formula is C17H22N2O2. The van der Waals surface area contributed by atoms with E-state index in [0.717, 1.165) is 18.0 Å². The highest BCUT2D eigenvalue weighted by atomic mass is 16.5. The first-order chi connectivity index (χ1) is 10.3. The van der Waals surface area contributed by atoms with E-state index in [2.05, 4.69) is 34.3 Å². The summed E-state index contributed by atoms with van der Waals surface area (Å²) in [6.45, 7) is 3.65. The molecule has 0 bridgehead atoms. The number of aliphatic hydroxyl groups excluding tert-OH is 1. The highest BCUT2D eigenvalue weighted by Gasteiger charge is 2.35. The van der Waals surface area contributed by atoms with Gasteiger partial charge in [0.05, 0.1) is 12.3 Å². The molecule has 0 aliphatic heterocycles. The lowest BCUT2D eigenvalue weighted by Crippen LogP contribution is -2.38. The summed E-state index contributed by atoms with van der Waals surface area (Å²) in [6, 6.07) is 12.6. The summed E-state index contributed by atoms with van der Waals surface area (Å²) in [5, 5.41) is 13.9. The number of rotatable bonds is 7. The fraction of sp³-hybridized carbons (Fsp3) is 0.471. The smallest absolute Gasteiger partial charge is 0.133 e. The zero-order valence-corrected chi connectivity index (χ0v) is 12.4. The molecular weight excluding hydrogens is 264 g/mol. The van der Waals surface area contributed by atoms with E-state index in [0.29, 0.717) is 12.5 Å². The van der Waals surface area contributed by atoms with Gasteiger partial charge < -0.3 is 9.63 Å². The van der Waals surface area contributed by atoms with Gasteiger partial charge >= 0.3 is 0 Å². The van der Waals surface area contributed by atoms with E-state index in [1.807, 2.05) is 19.1 Å². The van der Waals surface area contributed by atoms with Crippen molar-refractivity contribution in [1.82, 2.24) is 10.1 Å². The maximum Gasteiger partial charge on any atom is 0.133 e. The van der Waals surface area contributed by atoms with Crippen LogP contribution in [-0.4, -0.2) is 27.8 Å². The van der Waals surface area contributed by atoms with E-state index >= 15 is 0 Å². The Morgan fingerprint density at radius 1 is 1.29 bits per heavy atom. The van der Waals surface area contributed by atoms with Crippen LogP contribution in [-0.2, 0) is 13.1 Å². The Labute approximate surface area is 125 Å². The molecule has 1 saturated carbocycles. The monoisotopic (exact) mass is 286 g/mol. The van der Waals surface area contributed by atoms with Crippen LogP contribution in [0.1, 0.15) is 29.9 Å². The maximum atomic E-state index is 9.78. The van der Waals surface area contributed by atoms with Crippen molar-refractivity contribution in [1.29, 1.82) is 0 Å². The number of aryl methyl sites for hydroxylation is 1. The van der Waals surface area contributed by atoms with Gasteiger partial charge in [0.2, 0.25) is 0 Å². The van der Waals surface area contributed by atoms with Crippen LogP contribution in [0.4, 0.5) is 0 Å². The van der Waals surface area contributed by atoms with Gasteiger partial charge in [0, 0.05) is 25.2 Å². The van der Waals surface area contributed by atoms with Gasteiger partial charge in [-0.05, 0) is 31.2 Å². The molecule has 21 heavy (non-hydrogen) atoms. The second-order valence-corrected chi connectivity index (χ2v) is 5.91. The van der Waals surface area contributed by atoms with Gasteiger partial charge in [0.25, 0.3) is 0 Å². The van der Waals surface area contributed by atoms with E-state index in [-0.39, 0.29) is 12.6 Å². The predicted molar refractivity (Wildman–Crippen MR) is 80.5 cm³/mol. The van der Waals surface area contributed by atoms with Crippen molar-refractivity contribution in [3.05, 3.63) is 53.4 Å². The number of hydrogen-bond donors (Lipinski definition) is 1. The molecule has 0 unspecified atom stereocenters. The number of benzene rings is 1. The lowest BCUT2D eigenvalue weighted by Gasteiger charge is -2.30. The first kappa shape index (κ1) is 14.3. The van der Waals surface area contributed by atoms with E-state index in [4.69, 9.17) is 4.52 Å². The topological polar surface area (TPSA) is 49.5 Å². The summed E-state index contributed by atoms with van der Waals surface area (Å²) in [7, 11) is 0. The maximum absolute atomic E-state index is 9.78. The summed E-state index contributed by atoms with van der Waals surface area (Å²) in [5.74, 6) is 1.45. The van der Waals surface area contributed by atoms with Crippen LogP contribution in [0.5, 0.6) is 0 Å². The SMILES string of the molecule is Cc1cc(CN(Cc2ccccc2)[C@@H](CO)C2CC2)no1. The second-order valence-electron chi connectivity index (χ2n) is 5.91. The van der Waals surface area contributed by atoms with Crippen molar-refractivity contribution in [2.45, 2.75) is 38.9 Å². The Hall–Kier alpha value is -1.65. The fourth-order valence-electron chi connectivity index (χ4n) is 2.85. The van der Waals surface area contributed by atoms with Crippen LogP contribution in [0, 0.1) is 12.8 Å². The Bertz CT molecular complexity index is 563.